The van der Waals surface area contributed by atoms with Gasteiger partial charge in [0.05, 0.1) is 0 Å². The first-order chi connectivity index (χ1) is 6.59. The summed E-state index contributed by atoms with van der Waals surface area (Å²) < 4.78 is 0. The largest absolute Gasteiger partial charge is 0.0625 e. The molecule has 0 aromatic heterocycles. The monoisotopic (exact) mass is 212 g/mol. The predicted octanol–water partition coefficient (Wildman–Crippen LogP) is 5.23. The van der Waals surface area contributed by atoms with Gasteiger partial charge in [0.1, 0.15) is 0 Å². The molecule has 3 unspecified atom stereocenters. The molecular weight excluding hydrogens is 180 g/mol. The molecule has 0 heterocycles. The minimum atomic E-state index is 0.427. The maximum Gasteiger partial charge on any atom is -0.0314 e. The van der Waals surface area contributed by atoms with E-state index in [1.165, 1.54) is 0 Å². The molecular formula is C15H32. The zero-order chi connectivity index (χ0) is 12.4. The summed E-state index contributed by atoms with van der Waals surface area (Å²) >= 11 is 0. The van der Waals surface area contributed by atoms with Gasteiger partial charge < -0.3 is 0 Å². The molecule has 0 aliphatic rings. The fourth-order valence-electron chi connectivity index (χ4n) is 3.33. The van der Waals surface area contributed by atoms with E-state index in [1.807, 2.05) is 0 Å². The fraction of sp³-hybridized carbons (Fsp3) is 1.00. The first kappa shape index (κ1) is 15.0. The highest BCUT2D eigenvalue weighted by molar-refractivity contribution is 4.83. The summed E-state index contributed by atoms with van der Waals surface area (Å²) in [5.74, 6) is 4.02. The summed E-state index contributed by atoms with van der Waals surface area (Å²) in [6.45, 7) is 21.5. The van der Waals surface area contributed by atoms with Crippen molar-refractivity contribution in [2.45, 2.75) is 62.3 Å². The van der Waals surface area contributed by atoms with E-state index in [9.17, 15) is 0 Å². The molecule has 15 heavy (non-hydrogen) atoms. The van der Waals surface area contributed by atoms with Crippen LogP contribution < -0.4 is 0 Å². The molecule has 0 fully saturated rings. The lowest BCUT2D eigenvalue weighted by Crippen LogP contribution is -2.35. The minimum absolute atomic E-state index is 0.427. The van der Waals surface area contributed by atoms with Crippen LogP contribution in [-0.2, 0) is 0 Å². The lowest BCUT2D eigenvalue weighted by molar-refractivity contribution is 0.0680. The van der Waals surface area contributed by atoms with Crippen molar-refractivity contribution >= 4 is 0 Å². The topological polar surface area (TPSA) is 0 Å². The molecule has 0 saturated heterocycles. The van der Waals surface area contributed by atoms with Crippen LogP contribution in [0.2, 0.25) is 0 Å². The van der Waals surface area contributed by atoms with Gasteiger partial charge in [-0.2, -0.15) is 0 Å². The van der Waals surface area contributed by atoms with Crippen molar-refractivity contribution in [3.05, 3.63) is 0 Å². The fourth-order valence-corrected chi connectivity index (χ4v) is 3.33. The van der Waals surface area contributed by atoms with Crippen LogP contribution in [0.3, 0.4) is 0 Å². The van der Waals surface area contributed by atoms with Crippen molar-refractivity contribution in [2.75, 3.05) is 0 Å². The summed E-state index contributed by atoms with van der Waals surface area (Å²) in [5, 5.41) is 0. The quantitative estimate of drug-likeness (QED) is 0.598. The van der Waals surface area contributed by atoms with Crippen LogP contribution in [0.25, 0.3) is 0 Å². The van der Waals surface area contributed by atoms with E-state index in [0.717, 1.165) is 29.6 Å². The lowest BCUT2D eigenvalue weighted by Gasteiger charge is -2.42. The SMILES string of the molecule is CC(C)C(C)C(C)C(C(C)C)C(C)(C)C. The van der Waals surface area contributed by atoms with Gasteiger partial charge in [-0.15, -0.1) is 0 Å². The number of hydrogen-bond acceptors (Lipinski definition) is 0. The highest BCUT2D eigenvalue weighted by atomic mass is 14.4. The first-order valence-electron chi connectivity index (χ1n) is 6.59. The van der Waals surface area contributed by atoms with Crippen molar-refractivity contribution in [1.82, 2.24) is 0 Å². The Morgan fingerprint density at radius 1 is 0.600 bits per heavy atom. The zero-order valence-corrected chi connectivity index (χ0v) is 12.4. The van der Waals surface area contributed by atoms with Gasteiger partial charge in [-0.1, -0.05) is 62.3 Å². The van der Waals surface area contributed by atoms with E-state index in [4.69, 9.17) is 0 Å². The third-order valence-electron chi connectivity index (χ3n) is 4.17. The molecule has 0 heteroatoms. The van der Waals surface area contributed by atoms with E-state index >= 15 is 0 Å². The van der Waals surface area contributed by atoms with Crippen molar-refractivity contribution in [2.24, 2.45) is 35.0 Å². The molecule has 0 amide bonds. The average Bonchev–Trinajstić information content (AvgIpc) is 1.98. The van der Waals surface area contributed by atoms with Gasteiger partial charge >= 0.3 is 0 Å². The molecule has 0 spiro atoms. The molecule has 3 atom stereocenters. The molecule has 0 aliphatic carbocycles. The third kappa shape index (κ3) is 4.17. The Labute approximate surface area is 97.8 Å². The van der Waals surface area contributed by atoms with Crippen LogP contribution in [-0.4, -0.2) is 0 Å². The van der Waals surface area contributed by atoms with Crippen LogP contribution in [0.4, 0.5) is 0 Å². The van der Waals surface area contributed by atoms with Gasteiger partial charge in [-0.05, 0) is 35.0 Å². The molecule has 0 rings (SSSR count). The van der Waals surface area contributed by atoms with Crippen LogP contribution in [0.1, 0.15) is 62.3 Å². The van der Waals surface area contributed by atoms with Gasteiger partial charge in [0.15, 0.2) is 0 Å². The van der Waals surface area contributed by atoms with Crippen LogP contribution >= 0.6 is 0 Å². The summed E-state index contributed by atoms with van der Waals surface area (Å²) in [6.07, 6.45) is 0. The van der Waals surface area contributed by atoms with E-state index in [2.05, 4.69) is 62.3 Å². The Balaban J connectivity index is 4.79. The van der Waals surface area contributed by atoms with Crippen molar-refractivity contribution in [1.29, 1.82) is 0 Å². The molecule has 0 N–H and O–H groups in total. The van der Waals surface area contributed by atoms with E-state index < -0.39 is 0 Å². The molecule has 0 nitrogen and oxygen atoms in total. The Morgan fingerprint density at radius 2 is 1.00 bits per heavy atom. The number of hydrogen-bond donors (Lipinski definition) is 0. The third-order valence-corrected chi connectivity index (χ3v) is 4.17. The first-order valence-corrected chi connectivity index (χ1v) is 6.59. The molecule has 0 aromatic rings. The molecule has 0 saturated carbocycles. The minimum Gasteiger partial charge on any atom is -0.0625 e. The molecule has 0 radical (unpaired) electrons. The highest BCUT2D eigenvalue weighted by Crippen LogP contribution is 2.42. The second-order valence-electron chi connectivity index (χ2n) is 7.10. The summed E-state index contributed by atoms with van der Waals surface area (Å²) in [5.41, 5.74) is 0.427. The second kappa shape index (κ2) is 5.37. The van der Waals surface area contributed by atoms with Crippen molar-refractivity contribution in [3.63, 3.8) is 0 Å². The maximum atomic E-state index is 2.45. The van der Waals surface area contributed by atoms with Crippen LogP contribution in [0.15, 0.2) is 0 Å². The summed E-state index contributed by atoms with van der Waals surface area (Å²) in [4.78, 5) is 0. The summed E-state index contributed by atoms with van der Waals surface area (Å²) in [6, 6.07) is 0. The van der Waals surface area contributed by atoms with Gasteiger partial charge in [-0.3, -0.25) is 0 Å². The van der Waals surface area contributed by atoms with E-state index in [0.29, 0.717) is 5.41 Å². The van der Waals surface area contributed by atoms with Gasteiger partial charge in [0.25, 0.3) is 0 Å². The lowest BCUT2D eigenvalue weighted by atomic mass is 9.63. The summed E-state index contributed by atoms with van der Waals surface area (Å²) in [7, 11) is 0. The molecule has 0 bridgehead atoms. The second-order valence-corrected chi connectivity index (χ2v) is 7.10. The molecule has 0 aromatic carbocycles. The molecule has 0 aliphatic heterocycles. The van der Waals surface area contributed by atoms with Crippen molar-refractivity contribution < 1.29 is 0 Å². The average molecular weight is 212 g/mol. The van der Waals surface area contributed by atoms with Crippen LogP contribution in [0.5, 0.6) is 0 Å². The van der Waals surface area contributed by atoms with Gasteiger partial charge in [0, 0.05) is 0 Å². The maximum absolute atomic E-state index is 2.45. The van der Waals surface area contributed by atoms with E-state index in [1.54, 1.807) is 0 Å². The molecule has 92 valence electrons. The zero-order valence-electron chi connectivity index (χ0n) is 12.4. The van der Waals surface area contributed by atoms with Gasteiger partial charge in [-0.25, -0.2) is 0 Å². The Hall–Kier alpha value is 0. The Bertz CT molecular complexity index is 171. The van der Waals surface area contributed by atoms with Gasteiger partial charge in [0.2, 0.25) is 0 Å². The van der Waals surface area contributed by atoms with E-state index in [-0.39, 0.29) is 0 Å². The smallest absolute Gasteiger partial charge is 0.0314 e. The van der Waals surface area contributed by atoms with Crippen molar-refractivity contribution in [3.8, 4) is 0 Å². The highest BCUT2D eigenvalue weighted by Gasteiger charge is 2.35. The van der Waals surface area contributed by atoms with Crippen LogP contribution in [0, 0.1) is 35.0 Å². The Kier molecular flexibility index (Phi) is 5.37. The number of rotatable bonds is 4. The normalized spacial score (nSPS) is 19.4. The Morgan fingerprint density at radius 3 is 1.20 bits per heavy atom. The standard InChI is InChI=1S/C15H32/c1-10(2)12(5)13(6)14(11(3)4)15(7,8)9/h10-14H,1-9H3. The predicted molar refractivity (Wildman–Crippen MR) is 70.9 cm³/mol.